The van der Waals surface area contributed by atoms with Crippen LogP contribution in [-0.2, 0) is 0 Å². The minimum Gasteiger partial charge on any atom is -0.359 e. The van der Waals surface area contributed by atoms with Crippen LogP contribution >= 0.6 is 11.3 Å². The second-order valence-corrected chi connectivity index (χ2v) is 6.93. The zero-order valence-electron chi connectivity index (χ0n) is 13.5. The van der Waals surface area contributed by atoms with Gasteiger partial charge in [-0.15, -0.1) is 10.2 Å². The van der Waals surface area contributed by atoms with Crippen LogP contribution < -0.4 is 5.32 Å². The number of aromatic nitrogens is 4. The molecule has 3 aromatic heterocycles. The largest absolute Gasteiger partial charge is 0.359 e. The van der Waals surface area contributed by atoms with Gasteiger partial charge in [0.05, 0.1) is 4.88 Å². The lowest BCUT2D eigenvalue weighted by molar-refractivity contribution is 0.896. The van der Waals surface area contributed by atoms with Crippen LogP contribution in [0.5, 0.6) is 0 Å². The lowest BCUT2D eigenvalue weighted by atomic mass is 10.0. The molecule has 0 aliphatic carbocycles. The predicted molar refractivity (Wildman–Crippen MR) is 98.3 cm³/mol. The van der Waals surface area contributed by atoms with Gasteiger partial charge in [-0.25, -0.2) is 4.98 Å². The molecule has 3 heterocycles. The molecule has 24 heavy (non-hydrogen) atoms. The van der Waals surface area contributed by atoms with Crippen LogP contribution in [0.3, 0.4) is 0 Å². The smallest absolute Gasteiger partial charge is 0.183 e. The number of nitrogens with zero attached hydrogens (tertiary/aromatic N) is 4. The van der Waals surface area contributed by atoms with Crippen molar-refractivity contribution in [2.45, 2.75) is 19.9 Å². The first-order valence-electron chi connectivity index (χ1n) is 7.82. The van der Waals surface area contributed by atoms with Crippen LogP contribution in [-0.4, -0.2) is 25.6 Å². The Balaban J connectivity index is 1.83. The van der Waals surface area contributed by atoms with Gasteiger partial charge in [-0.2, -0.15) is 0 Å². The van der Waals surface area contributed by atoms with Crippen molar-refractivity contribution in [3.8, 4) is 21.6 Å². The first-order chi connectivity index (χ1) is 11.7. The summed E-state index contributed by atoms with van der Waals surface area (Å²) in [5.74, 6) is 0. The Morgan fingerprint density at radius 1 is 1.12 bits per heavy atom. The summed E-state index contributed by atoms with van der Waals surface area (Å²) in [6.07, 6.45) is 5.70. The standard InChI is InChI=1S/C18H17N5S/c1-12(2)21-18-19-9-16(24-18)14-8-15(13-6-4-3-5-7-13)17-22-20-11-23(17)10-14/h3-12H,1-2H3,(H,19,21). The number of thiazole rings is 1. The summed E-state index contributed by atoms with van der Waals surface area (Å²) in [6.45, 7) is 4.22. The third-order valence-corrected chi connectivity index (χ3v) is 4.66. The van der Waals surface area contributed by atoms with E-state index in [0.717, 1.165) is 32.3 Å². The number of fused-ring (bicyclic) bond motifs is 1. The van der Waals surface area contributed by atoms with Gasteiger partial charge in [0.15, 0.2) is 10.8 Å². The Labute approximate surface area is 144 Å². The summed E-state index contributed by atoms with van der Waals surface area (Å²) in [5, 5.41) is 12.6. The molecule has 6 heteroatoms. The quantitative estimate of drug-likeness (QED) is 0.603. The average Bonchev–Trinajstić information content (AvgIpc) is 3.23. The van der Waals surface area contributed by atoms with Crippen LogP contribution in [0.2, 0.25) is 0 Å². The molecule has 1 N–H and O–H groups in total. The first-order valence-corrected chi connectivity index (χ1v) is 8.64. The molecule has 0 saturated heterocycles. The Kier molecular flexibility index (Phi) is 3.74. The fourth-order valence-electron chi connectivity index (χ4n) is 2.62. The van der Waals surface area contributed by atoms with Gasteiger partial charge >= 0.3 is 0 Å². The molecular formula is C18H17N5S. The molecule has 4 aromatic rings. The van der Waals surface area contributed by atoms with E-state index in [0.29, 0.717) is 6.04 Å². The summed E-state index contributed by atoms with van der Waals surface area (Å²) in [5.41, 5.74) is 4.16. The van der Waals surface area contributed by atoms with Crippen LogP contribution in [0.1, 0.15) is 13.8 Å². The van der Waals surface area contributed by atoms with Crippen LogP contribution in [0.15, 0.2) is 55.1 Å². The minimum absolute atomic E-state index is 0.365. The van der Waals surface area contributed by atoms with Gasteiger partial charge in [0, 0.05) is 29.6 Å². The van der Waals surface area contributed by atoms with E-state index < -0.39 is 0 Å². The highest BCUT2D eigenvalue weighted by Gasteiger charge is 2.12. The van der Waals surface area contributed by atoms with Crippen molar-refractivity contribution in [1.82, 2.24) is 19.6 Å². The molecule has 0 fully saturated rings. The molecule has 0 spiro atoms. The molecule has 0 radical (unpaired) electrons. The summed E-state index contributed by atoms with van der Waals surface area (Å²) in [6, 6.07) is 12.8. The highest BCUT2D eigenvalue weighted by Crippen LogP contribution is 2.33. The molecular weight excluding hydrogens is 318 g/mol. The second-order valence-electron chi connectivity index (χ2n) is 5.90. The maximum absolute atomic E-state index is 4.47. The SMILES string of the molecule is CC(C)Nc1ncc(-c2cc(-c3ccccc3)c3nncn3c2)s1. The fraction of sp³-hybridized carbons (Fsp3) is 0.167. The summed E-state index contributed by atoms with van der Waals surface area (Å²) < 4.78 is 1.97. The Bertz CT molecular complexity index is 971. The maximum atomic E-state index is 4.47. The van der Waals surface area contributed by atoms with E-state index in [1.165, 1.54) is 0 Å². The maximum Gasteiger partial charge on any atom is 0.183 e. The molecule has 0 bridgehead atoms. The fourth-order valence-corrected chi connectivity index (χ4v) is 3.57. The second kappa shape index (κ2) is 6.05. The number of hydrogen-bond acceptors (Lipinski definition) is 5. The molecule has 0 saturated carbocycles. The topological polar surface area (TPSA) is 55.1 Å². The van der Waals surface area contributed by atoms with E-state index in [1.807, 2.05) is 28.8 Å². The Morgan fingerprint density at radius 3 is 2.75 bits per heavy atom. The minimum atomic E-state index is 0.365. The van der Waals surface area contributed by atoms with Crippen LogP contribution in [0, 0.1) is 0 Å². The van der Waals surface area contributed by atoms with E-state index in [1.54, 1.807) is 17.7 Å². The highest BCUT2D eigenvalue weighted by molar-refractivity contribution is 7.18. The van der Waals surface area contributed by atoms with E-state index in [2.05, 4.69) is 58.7 Å². The zero-order chi connectivity index (χ0) is 16.5. The zero-order valence-corrected chi connectivity index (χ0v) is 14.3. The molecule has 0 amide bonds. The number of nitrogens with one attached hydrogen (secondary N) is 1. The number of rotatable bonds is 4. The Hall–Kier alpha value is -2.73. The van der Waals surface area contributed by atoms with Crippen molar-refractivity contribution < 1.29 is 0 Å². The van der Waals surface area contributed by atoms with Gasteiger partial charge in [0.1, 0.15) is 6.33 Å². The van der Waals surface area contributed by atoms with Crippen LogP contribution in [0.4, 0.5) is 5.13 Å². The van der Waals surface area contributed by atoms with Gasteiger partial charge in [-0.05, 0) is 25.5 Å². The van der Waals surface area contributed by atoms with E-state index in [4.69, 9.17) is 0 Å². The van der Waals surface area contributed by atoms with Gasteiger partial charge in [-0.3, -0.25) is 4.40 Å². The number of pyridine rings is 1. The van der Waals surface area contributed by atoms with Crippen LogP contribution in [0.25, 0.3) is 27.2 Å². The van der Waals surface area contributed by atoms with E-state index in [-0.39, 0.29) is 0 Å². The lowest BCUT2D eigenvalue weighted by Crippen LogP contribution is -2.08. The molecule has 5 nitrogen and oxygen atoms in total. The predicted octanol–water partition coefficient (Wildman–Crippen LogP) is 4.34. The molecule has 1 aromatic carbocycles. The number of hydrogen-bond donors (Lipinski definition) is 1. The first kappa shape index (κ1) is 14.8. The van der Waals surface area contributed by atoms with E-state index in [9.17, 15) is 0 Å². The molecule has 0 atom stereocenters. The Morgan fingerprint density at radius 2 is 1.96 bits per heavy atom. The highest BCUT2D eigenvalue weighted by atomic mass is 32.1. The molecule has 0 unspecified atom stereocenters. The normalized spacial score (nSPS) is 11.3. The van der Waals surface area contributed by atoms with Crippen molar-refractivity contribution in [1.29, 1.82) is 0 Å². The summed E-state index contributed by atoms with van der Waals surface area (Å²) in [4.78, 5) is 5.59. The third-order valence-electron chi connectivity index (χ3n) is 3.68. The third kappa shape index (κ3) is 2.76. The molecule has 4 rings (SSSR count). The lowest BCUT2D eigenvalue weighted by Gasteiger charge is -2.07. The van der Waals surface area contributed by atoms with Gasteiger partial charge < -0.3 is 5.32 Å². The van der Waals surface area contributed by atoms with Crippen molar-refractivity contribution in [3.05, 3.63) is 55.1 Å². The van der Waals surface area contributed by atoms with Gasteiger partial charge in [0.2, 0.25) is 0 Å². The van der Waals surface area contributed by atoms with Gasteiger partial charge in [-0.1, -0.05) is 41.7 Å². The molecule has 0 aliphatic rings. The number of benzene rings is 1. The average molecular weight is 335 g/mol. The van der Waals surface area contributed by atoms with Gasteiger partial charge in [0.25, 0.3) is 0 Å². The summed E-state index contributed by atoms with van der Waals surface area (Å²) in [7, 11) is 0. The monoisotopic (exact) mass is 335 g/mol. The van der Waals surface area contributed by atoms with Crippen molar-refractivity contribution in [2.75, 3.05) is 5.32 Å². The number of anilines is 1. The summed E-state index contributed by atoms with van der Waals surface area (Å²) >= 11 is 1.65. The molecule has 0 aliphatic heterocycles. The van der Waals surface area contributed by atoms with Crippen molar-refractivity contribution >= 4 is 22.1 Å². The van der Waals surface area contributed by atoms with Crippen molar-refractivity contribution in [2.24, 2.45) is 0 Å². The molecule has 120 valence electrons. The van der Waals surface area contributed by atoms with E-state index >= 15 is 0 Å². The van der Waals surface area contributed by atoms with Crippen molar-refractivity contribution in [3.63, 3.8) is 0 Å².